The van der Waals surface area contributed by atoms with Crippen LogP contribution in [-0.4, -0.2) is 10.2 Å². The molecule has 1 aromatic carbocycles. The van der Waals surface area contributed by atoms with Crippen molar-refractivity contribution in [3.05, 3.63) is 47.1 Å². The van der Waals surface area contributed by atoms with Gasteiger partial charge in [-0.3, -0.25) is 0 Å². The van der Waals surface area contributed by atoms with Crippen molar-refractivity contribution in [2.75, 3.05) is 0 Å². The molecule has 76 valence electrons. The number of nitrogens with zero attached hydrogens (tertiary/aromatic N) is 2. The average molecular weight is 237 g/mol. The van der Waals surface area contributed by atoms with Crippen molar-refractivity contribution in [3.63, 3.8) is 0 Å². The van der Waals surface area contributed by atoms with E-state index in [0.29, 0.717) is 5.15 Å². The predicted molar refractivity (Wildman–Crippen MR) is 62.3 cm³/mol. The van der Waals surface area contributed by atoms with E-state index in [1.165, 1.54) is 5.56 Å². The summed E-state index contributed by atoms with van der Waals surface area (Å²) in [7, 11) is 0. The minimum absolute atomic E-state index is 0.420. The molecule has 2 rings (SSSR count). The second-order valence-electron chi connectivity index (χ2n) is 3.11. The van der Waals surface area contributed by atoms with E-state index >= 15 is 0 Å². The second-order valence-corrected chi connectivity index (χ2v) is 4.59. The smallest absolute Gasteiger partial charge is 0.142 e. The molecule has 0 unspecified atom stereocenters. The van der Waals surface area contributed by atoms with Gasteiger partial charge in [-0.1, -0.05) is 41.1 Å². The zero-order valence-electron chi connectivity index (χ0n) is 8.14. The fourth-order valence-corrected chi connectivity index (χ4v) is 2.11. The fraction of sp³-hybridized carbons (Fsp3) is 0.0909. The van der Waals surface area contributed by atoms with Crippen LogP contribution < -0.4 is 0 Å². The van der Waals surface area contributed by atoms with E-state index in [0.717, 1.165) is 9.92 Å². The molecule has 0 aliphatic rings. The highest BCUT2D eigenvalue weighted by molar-refractivity contribution is 7.99. The summed E-state index contributed by atoms with van der Waals surface area (Å²) in [6.07, 6.45) is 0. The first-order valence-electron chi connectivity index (χ1n) is 4.48. The van der Waals surface area contributed by atoms with Gasteiger partial charge in [0.2, 0.25) is 0 Å². The van der Waals surface area contributed by atoms with Gasteiger partial charge < -0.3 is 0 Å². The lowest BCUT2D eigenvalue weighted by atomic mass is 10.2. The summed E-state index contributed by atoms with van der Waals surface area (Å²) in [6.45, 7) is 2.07. The minimum Gasteiger partial charge on any atom is -0.142 e. The Balaban J connectivity index is 2.18. The van der Waals surface area contributed by atoms with Gasteiger partial charge in [0.05, 0.1) is 0 Å². The second kappa shape index (κ2) is 4.64. The predicted octanol–water partition coefficient (Wildman–Crippen LogP) is 3.59. The lowest BCUT2D eigenvalue weighted by molar-refractivity contribution is 0.930. The Morgan fingerprint density at radius 2 is 2.00 bits per heavy atom. The summed E-state index contributed by atoms with van der Waals surface area (Å²) < 4.78 is 0. The Hall–Kier alpha value is -1.06. The summed E-state index contributed by atoms with van der Waals surface area (Å²) in [5.74, 6) is 0. The topological polar surface area (TPSA) is 25.8 Å². The maximum absolute atomic E-state index is 5.66. The standard InChI is InChI=1S/C11H9ClN2S/c1-8-3-2-4-9(7-8)15-11-6-5-10(12)13-14-11/h2-7H,1H3. The van der Waals surface area contributed by atoms with Crippen LogP contribution in [-0.2, 0) is 0 Å². The SMILES string of the molecule is Cc1cccc(Sc2ccc(Cl)nn2)c1. The summed E-state index contributed by atoms with van der Waals surface area (Å²) in [5.41, 5.74) is 1.24. The van der Waals surface area contributed by atoms with Gasteiger partial charge in [0.1, 0.15) is 5.03 Å². The molecule has 0 atom stereocenters. The number of aryl methyl sites for hydroxylation is 1. The number of hydrogen-bond donors (Lipinski definition) is 0. The summed E-state index contributed by atoms with van der Waals surface area (Å²) in [5, 5.41) is 9.05. The van der Waals surface area contributed by atoms with Crippen molar-refractivity contribution in [1.29, 1.82) is 0 Å². The highest BCUT2D eigenvalue weighted by atomic mass is 35.5. The van der Waals surface area contributed by atoms with Crippen LogP contribution >= 0.6 is 23.4 Å². The molecule has 0 fully saturated rings. The molecule has 0 saturated heterocycles. The lowest BCUT2D eigenvalue weighted by Crippen LogP contribution is -1.84. The third-order valence-electron chi connectivity index (χ3n) is 1.82. The van der Waals surface area contributed by atoms with Crippen molar-refractivity contribution < 1.29 is 0 Å². The molecule has 1 aromatic heterocycles. The molecule has 0 radical (unpaired) electrons. The van der Waals surface area contributed by atoms with Crippen LogP contribution in [0, 0.1) is 6.92 Å². The van der Waals surface area contributed by atoms with Crippen LogP contribution in [0.3, 0.4) is 0 Å². The van der Waals surface area contributed by atoms with Gasteiger partial charge in [-0.2, -0.15) is 0 Å². The number of rotatable bonds is 2. The quantitative estimate of drug-likeness (QED) is 0.797. The van der Waals surface area contributed by atoms with Crippen LogP contribution in [0.2, 0.25) is 5.15 Å². The lowest BCUT2D eigenvalue weighted by Gasteiger charge is -2.00. The first kappa shape index (κ1) is 10.5. The Labute approximate surface area is 97.7 Å². The first-order chi connectivity index (χ1) is 7.24. The number of aromatic nitrogens is 2. The van der Waals surface area contributed by atoms with Gasteiger partial charge in [0.15, 0.2) is 5.15 Å². The van der Waals surface area contributed by atoms with Crippen molar-refractivity contribution in [3.8, 4) is 0 Å². The summed E-state index contributed by atoms with van der Waals surface area (Å²) in [4.78, 5) is 1.16. The molecule has 0 saturated carbocycles. The minimum atomic E-state index is 0.420. The van der Waals surface area contributed by atoms with E-state index in [1.807, 2.05) is 18.2 Å². The van der Waals surface area contributed by atoms with E-state index in [2.05, 4.69) is 29.3 Å². The molecule has 0 aliphatic heterocycles. The van der Waals surface area contributed by atoms with Gasteiger partial charge in [-0.05, 0) is 31.2 Å². The molecular formula is C11H9ClN2S. The van der Waals surface area contributed by atoms with Gasteiger partial charge in [-0.15, -0.1) is 10.2 Å². The number of benzene rings is 1. The van der Waals surface area contributed by atoms with E-state index < -0.39 is 0 Å². The Bertz CT molecular complexity index is 456. The van der Waals surface area contributed by atoms with Crippen LogP contribution in [0.1, 0.15) is 5.56 Å². The Morgan fingerprint density at radius 1 is 1.13 bits per heavy atom. The molecule has 4 heteroatoms. The van der Waals surface area contributed by atoms with Gasteiger partial charge >= 0.3 is 0 Å². The third-order valence-corrected chi connectivity index (χ3v) is 2.94. The van der Waals surface area contributed by atoms with E-state index in [-0.39, 0.29) is 0 Å². The average Bonchev–Trinajstić information content (AvgIpc) is 2.22. The van der Waals surface area contributed by atoms with Crippen LogP contribution in [0.15, 0.2) is 46.3 Å². The van der Waals surface area contributed by atoms with E-state index in [9.17, 15) is 0 Å². The zero-order valence-corrected chi connectivity index (χ0v) is 9.72. The van der Waals surface area contributed by atoms with Gasteiger partial charge in [0.25, 0.3) is 0 Å². The molecule has 2 nitrogen and oxygen atoms in total. The monoisotopic (exact) mass is 236 g/mol. The molecule has 0 N–H and O–H groups in total. The first-order valence-corrected chi connectivity index (χ1v) is 5.67. The Kier molecular flexibility index (Phi) is 3.23. The largest absolute Gasteiger partial charge is 0.151 e. The summed E-state index contributed by atoms with van der Waals surface area (Å²) in [6, 6.07) is 11.9. The number of halogens is 1. The normalized spacial score (nSPS) is 10.3. The molecule has 15 heavy (non-hydrogen) atoms. The van der Waals surface area contributed by atoms with Crippen molar-refractivity contribution in [2.45, 2.75) is 16.8 Å². The van der Waals surface area contributed by atoms with E-state index in [1.54, 1.807) is 17.8 Å². The van der Waals surface area contributed by atoms with Crippen LogP contribution in [0.4, 0.5) is 0 Å². The molecule has 2 aromatic rings. The fourth-order valence-electron chi connectivity index (χ4n) is 1.16. The molecule has 0 bridgehead atoms. The van der Waals surface area contributed by atoms with Gasteiger partial charge in [-0.25, -0.2) is 0 Å². The molecule has 0 aliphatic carbocycles. The maximum Gasteiger partial charge on any atom is 0.151 e. The van der Waals surface area contributed by atoms with E-state index in [4.69, 9.17) is 11.6 Å². The maximum atomic E-state index is 5.66. The van der Waals surface area contributed by atoms with Crippen LogP contribution in [0.5, 0.6) is 0 Å². The van der Waals surface area contributed by atoms with Crippen molar-refractivity contribution >= 4 is 23.4 Å². The molecule has 1 heterocycles. The molecule has 0 amide bonds. The third kappa shape index (κ3) is 2.94. The van der Waals surface area contributed by atoms with Crippen molar-refractivity contribution in [1.82, 2.24) is 10.2 Å². The highest BCUT2D eigenvalue weighted by Gasteiger charge is 1.99. The number of hydrogen-bond acceptors (Lipinski definition) is 3. The van der Waals surface area contributed by atoms with Crippen LogP contribution in [0.25, 0.3) is 0 Å². The highest BCUT2D eigenvalue weighted by Crippen LogP contribution is 2.26. The Morgan fingerprint density at radius 3 is 2.67 bits per heavy atom. The van der Waals surface area contributed by atoms with Crippen molar-refractivity contribution in [2.24, 2.45) is 0 Å². The zero-order chi connectivity index (χ0) is 10.7. The molecule has 0 spiro atoms. The van der Waals surface area contributed by atoms with Gasteiger partial charge in [0, 0.05) is 4.90 Å². The summed E-state index contributed by atoms with van der Waals surface area (Å²) >= 11 is 7.24. The molecular weight excluding hydrogens is 228 g/mol.